The van der Waals surface area contributed by atoms with Gasteiger partial charge in [0.25, 0.3) is 0 Å². The maximum Gasteiger partial charge on any atom is 0.0628 e. The van der Waals surface area contributed by atoms with E-state index in [-0.39, 0.29) is 6.10 Å². The summed E-state index contributed by atoms with van der Waals surface area (Å²) in [5.41, 5.74) is 0. The van der Waals surface area contributed by atoms with Crippen LogP contribution in [-0.4, -0.2) is 22.2 Å². The predicted octanol–water partition coefficient (Wildman–Crippen LogP) is 2.06. The van der Waals surface area contributed by atoms with E-state index in [0.717, 1.165) is 5.75 Å². The second kappa shape index (κ2) is 5.81. The van der Waals surface area contributed by atoms with Gasteiger partial charge in [-0.1, -0.05) is 19.1 Å². The van der Waals surface area contributed by atoms with Crippen LogP contribution in [0.1, 0.15) is 20.8 Å². The van der Waals surface area contributed by atoms with Crippen LogP contribution in [0.2, 0.25) is 0 Å². The minimum Gasteiger partial charge on any atom is -0.392 e. The van der Waals surface area contributed by atoms with Gasteiger partial charge in [-0.3, -0.25) is 0 Å². The first kappa shape index (κ1) is 10.0. The third kappa shape index (κ3) is 4.89. The summed E-state index contributed by atoms with van der Waals surface area (Å²) in [6.07, 6.45) is 3.93. The molecule has 0 aliphatic rings. The molecule has 2 atom stereocenters. The van der Waals surface area contributed by atoms with Gasteiger partial charge >= 0.3 is 0 Å². The lowest BCUT2D eigenvalue weighted by molar-refractivity contribution is 0.196. The fraction of sp³-hybridized carbons (Fsp3) is 0.750. The summed E-state index contributed by atoms with van der Waals surface area (Å²) < 4.78 is 0. The summed E-state index contributed by atoms with van der Waals surface area (Å²) >= 11 is 1.77. The van der Waals surface area contributed by atoms with Gasteiger partial charge < -0.3 is 5.11 Å². The van der Waals surface area contributed by atoms with Crippen LogP contribution in [0.3, 0.4) is 0 Å². The van der Waals surface area contributed by atoms with Gasteiger partial charge in [0.1, 0.15) is 0 Å². The van der Waals surface area contributed by atoms with Gasteiger partial charge in [0.2, 0.25) is 0 Å². The fourth-order valence-corrected chi connectivity index (χ4v) is 1.33. The molecule has 0 heterocycles. The predicted molar refractivity (Wildman–Crippen MR) is 48.4 cm³/mol. The second-order valence-electron chi connectivity index (χ2n) is 2.35. The average molecular weight is 160 g/mol. The van der Waals surface area contributed by atoms with E-state index in [4.69, 9.17) is 5.11 Å². The third-order valence-corrected chi connectivity index (χ3v) is 2.67. The molecule has 0 rings (SSSR count). The lowest BCUT2D eigenvalue weighted by atomic mass is 10.3. The number of thioether (sulfide) groups is 1. The Balaban J connectivity index is 3.30. The van der Waals surface area contributed by atoms with Crippen molar-refractivity contribution in [3.05, 3.63) is 12.2 Å². The Hall–Kier alpha value is 0.0500. The van der Waals surface area contributed by atoms with Gasteiger partial charge in [0, 0.05) is 11.0 Å². The summed E-state index contributed by atoms with van der Waals surface area (Å²) in [5, 5.41) is 9.42. The van der Waals surface area contributed by atoms with Crippen molar-refractivity contribution < 1.29 is 5.11 Å². The number of hydrogen-bond donors (Lipinski definition) is 1. The molecule has 0 aromatic carbocycles. The molecule has 0 fully saturated rings. The molecule has 0 spiro atoms. The zero-order valence-electron chi connectivity index (χ0n) is 6.87. The number of rotatable bonds is 4. The van der Waals surface area contributed by atoms with Gasteiger partial charge in [-0.05, 0) is 13.8 Å². The molecule has 0 saturated heterocycles. The summed E-state index contributed by atoms with van der Waals surface area (Å²) in [4.78, 5) is 0. The minimum absolute atomic E-state index is 0.199. The van der Waals surface area contributed by atoms with Crippen LogP contribution in [-0.2, 0) is 0 Å². The van der Waals surface area contributed by atoms with Crippen molar-refractivity contribution in [1.82, 2.24) is 0 Å². The van der Waals surface area contributed by atoms with Crippen LogP contribution in [0.4, 0.5) is 0 Å². The molecule has 0 saturated carbocycles. The quantitative estimate of drug-likeness (QED) is 0.635. The molecule has 1 N–H and O–H groups in total. The molecule has 0 radical (unpaired) electrons. The van der Waals surface area contributed by atoms with Crippen molar-refractivity contribution in [3.63, 3.8) is 0 Å². The minimum atomic E-state index is -0.199. The van der Waals surface area contributed by atoms with Gasteiger partial charge in [0.15, 0.2) is 0 Å². The first-order valence-electron chi connectivity index (χ1n) is 3.59. The zero-order chi connectivity index (χ0) is 7.98. The van der Waals surface area contributed by atoms with Gasteiger partial charge in [-0.15, -0.1) is 0 Å². The normalized spacial score (nSPS) is 17.6. The van der Waals surface area contributed by atoms with E-state index in [1.54, 1.807) is 11.8 Å². The van der Waals surface area contributed by atoms with Crippen molar-refractivity contribution in [3.8, 4) is 0 Å². The molecule has 0 amide bonds. The monoisotopic (exact) mass is 160 g/mol. The first-order valence-corrected chi connectivity index (χ1v) is 4.64. The first-order chi connectivity index (χ1) is 4.68. The van der Waals surface area contributed by atoms with E-state index in [9.17, 15) is 0 Å². The standard InChI is InChI=1S/C8H16OS/c1-4-5-6-10-8(3)7(2)9/h4-5,7-9H,6H2,1-3H3/b5-4+. The average Bonchev–Trinajstić information content (AvgIpc) is 1.88. The number of hydrogen-bond acceptors (Lipinski definition) is 2. The SMILES string of the molecule is C/C=C/CSC(C)C(C)O. The second-order valence-corrected chi connectivity index (χ2v) is 3.76. The van der Waals surface area contributed by atoms with E-state index in [0.29, 0.717) is 5.25 Å². The number of aliphatic hydroxyl groups excluding tert-OH is 1. The largest absolute Gasteiger partial charge is 0.392 e. The molecule has 0 aliphatic carbocycles. The summed E-state index contributed by atoms with van der Waals surface area (Å²) in [6, 6.07) is 0. The van der Waals surface area contributed by atoms with Crippen molar-refractivity contribution in [2.75, 3.05) is 5.75 Å². The van der Waals surface area contributed by atoms with E-state index in [2.05, 4.69) is 6.08 Å². The molecule has 0 aromatic heterocycles. The Morgan fingerprint density at radius 1 is 1.50 bits per heavy atom. The van der Waals surface area contributed by atoms with Crippen LogP contribution in [0, 0.1) is 0 Å². The van der Waals surface area contributed by atoms with Crippen molar-refractivity contribution in [1.29, 1.82) is 0 Å². The summed E-state index contributed by atoms with van der Waals surface area (Å²) in [7, 11) is 0. The van der Waals surface area contributed by atoms with Crippen LogP contribution in [0.15, 0.2) is 12.2 Å². The molecule has 0 aliphatic heterocycles. The van der Waals surface area contributed by atoms with Crippen molar-refractivity contribution in [2.24, 2.45) is 0 Å². The molecule has 10 heavy (non-hydrogen) atoms. The smallest absolute Gasteiger partial charge is 0.0628 e. The van der Waals surface area contributed by atoms with E-state index in [1.165, 1.54) is 0 Å². The Morgan fingerprint density at radius 2 is 2.10 bits per heavy atom. The summed E-state index contributed by atoms with van der Waals surface area (Å²) in [6.45, 7) is 5.87. The molecule has 2 unspecified atom stereocenters. The number of aliphatic hydroxyl groups is 1. The molecular formula is C8H16OS. The molecule has 60 valence electrons. The molecule has 2 heteroatoms. The summed E-state index contributed by atoms with van der Waals surface area (Å²) in [5.74, 6) is 1.00. The van der Waals surface area contributed by atoms with Gasteiger partial charge in [-0.2, -0.15) is 11.8 Å². The van der Waals surface area contributed by atoms with Gasteiger partial charge in [0.05, 0.1) is 6.10 Å². The highest BCUT2D eigenvalue weighted by atomic mass is 32.2. The fourth-order valence-electron chi connectivity index (χ4n) is 0.443. The van der Waals surface area contributed by atoms with E-state index < -0.39 is 0 Å². The molecular weight excluding hydrogens is 144 g/mol. The highest BCUT2D eigenvalue weighted by Crippen LogP contribution is 2.13. The van der Waals surface area contributed by atoms with Crippen molar-refractivity contribution in [2.45, 2.75) is 32.1 Å². The lowest BCUT2D eigenvalue weighted by Crippen LogP contribution is -2.15. The Morgan fingerprint density at radius 3 is 2.50 bits per heavy atom. The maximum absolute atomic E-state index is 9.08. The Kier molecular flexibility index (Phi) is 5.84. The van der Waals surface area contributed by atoms with Crippen LogP contribution >= 0.6 is 11.8 Å². The van der Waals surface area contributed by atoms with Crippen LogP contribution in [0.5, 0.6) is 0 Å². The van der Waals surface area contributed by atoms with Crippen molar-refractivity contribution >= 4 is 11.8 Å². The van der Waals surface area contributed by atoms with Crippen LogP contribution in [0.25, 0.3) is 0 Å². The third-order valence-electron chi connectivity index (χ3n) is 1.37. The highest BCUT2D eigenvalue weighted by Gasteiger charge is 2.06. The topological polar surface area (TPSA) is 20.2 Å². The van der Waals surface area contributed by atoms with E-state index in [1.807, 2.05) is 26.8 Å². The van der Waals surface area contributed by atoms with Crippen LogP contribution < -0.4 is 0 Å². The lowest BCUT2D eigenvalue weighted by Gasteiger charge is -2.11. The molecule has 1 nitrogen and oxygen atoms in total. The highest BCUT2D eigenvalue weighted by molar-refractivity contribution is 8.00. The molecule has 0 aromatic rings. The Labute approximate surface area is 67.5 Å². The zero-order valence-corrected chi connectivity index (χ0v) is 7.69. The number of allylic oxidation sites excluding steroid dienone is 1. The van der Waals surface area contributed by atoms with E-state index >= 15 is 0 Å². The Bertz CT molecular complexity index is 99.4. The van der Waals surface area contributed by atoms with Gasteiger partial charge in [-0.25, -0.2) is 0 Å². The molecule has 0 bridgehead atoms. The maximum atomic E-state index is 9.08.